The fraction of sp³-hybridized carbons (Fsp3) is 0.350. The van der Waals surface area contributed by atoms with Crippen LogP contribution in [0.25, 0.3) is 0 Å². The van der Waals surface area contributed by atoms with Crippen LogP contribution in [0.15, 0.2) is 48.5 Å². The van der Waals surface area contributed by atoms with Crippen molar-refractivity contribution in [1.82, 2.24) is 5.32 Å². The summed E-state index contributed by atoms with van der Waals surface area (Å²) in [7, 11) is 0. The molecule has 4 nitrogen and oxygen atoms in total. The SMILES string of the molecule is O=C(Nc1cccc(CN[C@@H]2CCCC[C@@H]2O)c1)c1ccccc1Cl. The molecule has 1 amide bonds. The zero-order valence-corrected chi connectivity index (χ0v) is 14.8. The van der Waals surface area contributed by atoms with Crippen LogP contribution in [0.5, 0.6) is 0 Å². The van der Waals surface area contributed by atoms with E-state index in [1.807, 2.05) is 24.3 Å². The minimum atomic E-state index is -0.267. The van der Waals surface area contributed by atoms with Crippen molar-refractivity contribution >= 4 is 23.2 Å². The average Bonchev–Trinajstić information content (AvgIpc) is 2.62. The lowest BCUT2D eigenvalue weighted by Gasteiger charge is -2.28. The summed E-state index contributed by atoms with van der Waals surface area (Å²) < 4.78 is 0. The van der Waals surface area contributed by atoms with Gasteiger partial charge in [0.1, 0.15) is 0 Å². The highest BCUT2D eigenvalue weighted by Gasteiger charge is 2.22. The summed E-state index contributed by atoms with van der Waals surface area (Å²) >= 11 is 6.07. The van der Waals surface area contributed by atoms with Gasteiger partial charge in [0.15, 0.2) is 0 Å². The molecule has 1 aliphatic rings. The largest absolute Gasteiger partial charge is 0.392 e. The molecule has 3 rings (SSSR count). The molecule has 3 N–H and O–H groups in total. The number of hydrogen-bond acceptors (Lipinski definition) is 3. The van der Waals surface area contributed by atoms with Gasteiger partial charge in [-0.2, -0.15) is 0 Å². The Kier molecular flexibility index (Phi) is 6.08. The van der Waals surface area contributed by atoms with Crippen LogP contribution in [0.3, 0.4) is 0 Å². The second kappa shape index (κ2) is 8.48. The third-order valence-corrected chi connectivity index (χ3v) is 4.93. The first kappa shape index (κ1) is 17.9. The van der Waals surface area contributed by atoms with E-state index in [1.54, 1.807) is 24.3 Å². The fourth-order valence-corrected chi connectivity index (χ4v) is 3.42. The van der Waals surface area contributed by atoms with Crippen LogP contribution in [0.2, 0.25) is 5.02 Å². The predicted molar refractivity (Wildman–Crippen MR) is 101 cm³/mol. The zero-order valence-electron chi connectivity index (χ0n) is 14.0. The van der Waals surface area contributed by atoms with Crippen molar-refractivity contribution < 1.29 is 9.90 Å². The molecule has 0 bridgehead atoms. The van der Waals surface area contributed by atoms with E-state index in [9.17, 15) is 9.90 Å². The van der Waals surface area contributed by atoms with Crippen molar-refractivity contribution in [2.45, 2.75) is 44.4 Å². The third-order valence-electron chi connectivity index (χ3n) is 4.60. The van der Waals surface area contributed by atoms with Gasteiger partial charge in [-0.15, -0.1) is 0 Å². The monoisotopic (exact) mass is 358 g/mol. The number of carbonyl (C=O) groups excluding carboxylic acids is 1. The molecule has 1 saturated carbocycles. The van der Waals surface area contributed by atoms with Gasteiger partial charge in [-0.05, 0) is 42.7 Å². The molecule has 132 valence electrons. The quantitative estimate of drug-likeness (QED) is 0.757. The van der Waals surface area contributed by atoms with Gasteiger partial charge < -0.3 is 15.7 Å². The molecule has 0 spiro atoms. The van der Waals surface area contributed by atoms with Gasteiger partial charge in [-0.1, -0.05) is 48.7 Å². The molecule has 1 fully saturated rings. The molecule has 0 heterocycles. The first-order chi connectivity index (χ1) is 12.1. The number of aliphatic hydroxyl groups excluding tert-OH is 1. The van der Waals surface area contributed by atoms with Crippen molar-refractivity contribution in [2.24, 2.45) is 0 Å². The molecular formula is C20H23ClN2O2. The maximum atomic E-state index is 12.4. The summed E-state index contributed by atoms with van der Waals surface area (Å²) in [5, 5.41) is 16.8. The van der Waals surface area contributed by atoms with Gasteiger partial charge in [0, 0.05) is 18.3 Å². The van der Waals surface area contributed by atoms with Crippen LogP contribution in [0, 0.1) is 0 Å². The maximum Gasteiger partial charge on any atom is 0.257 e. The van der Waals surface area contributed by atoms with Gasteiger partial charge >= 0.3 is 0 Å². The number of hydrogen-bond donors (Lipinski definition) is 3. The second-order valence-electron chi connectivity index (χ2n) is 6.47. The zero-order chi connectivity index (χ0) is 17.6. The molecule has 2 aromatic carbocycles. The molecule has 5 heteroatoms. The van der Waals surface area contributed by atoms with Crippen molar-refractivity contribution in [2.75, 3.05) is 5.32 Å². The second-order valence-corrected chi connectivity index (χ2v) is 6.88. The van der Waals surface area contributed by atoms with Crippen LogP contribution in [0.4, 0.5) is 5.69 Å². The molecular weight excluding hydrogens is 336 g/mol. The number of anilines is 1. The van der Waals surface area contributed by atoms with E-state index in [1.165, 1.54) is 0 Å². The molecule has 2 aromatic rings. The Morgan fingerprint density at radius 1 is 1.12 bits per heavy atom. The number of nitrogens with one attached hydrogen (secondary N) is 2. The first-order valence-corrected chi connectivity index (χ1v) is 9.07. The first-order valence-electron chi connectivity index (χ1n) is 8.70. The topological polar surface area (TPSA) is 61.4 Å². The van der Waals surface area contributed by atoms with Crippen molar-refractivity contribution in [3.05, 3.63) is 64.7 Å². The van der Waals surface area contributed by atoms with Crippen LogP contribution >= 0.6 is 11.6 Å². The fourth-order valence-electron chi connectivity index (χ4n) is 3.20. The Labute approximate surface area is 153 Å². The summed E-state index contributed by atoms with van der Waals surface area (Å²) in [6, 6.07) is 14.9. The van der Waals surface area contributed by atoms with Crippen molar-refractivity contribution in [3.63, 3.8) is 0 Å². The maximum absolute atomic E-state index is 12.4. The van der Waals surface area contributed by atoms with E-state index in [0.717, 1.165) is 36.9 Å². The van der Waals surface area contributed by atoms with Crippen molar-refractivity contribution in [1.29, 1.82) is 0 Å². The highest BCUT2D eigenvalue weighted by atomic mass is 35.5. The highest BCUT2D eigenvalue weighted by molar-refractivity contribution is 6.34. The Bertz CT molecular complexity index is 735. The van der Waals surface area contributed by atoms with Gasteiger partial charge in [0.25, 0.3) is 5.91 Å². The Morgan fingerprint density at radius 3 is 2.72 bits per heavy atom. The van der Waals surface area contributed by atoms with Gasteiger partial charge in [-0.25, -0.2) is 0 Å². The average molecular weight is 359 g/mol. The van der Waals surface area contributed by atoms with Crippen LogP contribution in [-0.2, 0) is 6.54 Å². The smallest absolute Gasteiger partial charge is 0.257 e. The van der Waals surface area contributed by atoms with E-state index >= 15 is 0 Å². The number of amides is 1. The number of carbonyl (C=O) groups is 1. The lowest BCUT2D eigenvalue weighted by Crippen LogP contribution is -2.41. The molecule has 0 saturated heterocycles. The van der Waals surface area contributed by atoms with Gasteiger partial charge in [0.2, 0.25) is 0 Å². The predicted octanol–water partition coefficient (Wildman–Crippen LogP) is 3.99. The minimum Gasteiger partial charge on any atom is -0.392 e. The van der Waals surface area contributed by atoms with E-state index in [0.29, 0.717) is 17.1 Å². The Morgan fingerprint density at radius 2 is 1.92 bits per heavy atom. The molecule has 2 atom stereocenters. The lowest BCUT2D eigenvalue weighted by molar-refractivity contribution is 0.0902. The number of rotatable bonds is 5. The summed E-state index contributed by atoms with van der Waals surface area (Å²) in [5.41, 5.74) is 2.25. The molecule has 25 heavy (non-hydrogen) atoms. The minimum absolute atomic E-state index is 0.148. The van der Waals surface area contributed by atoms with E-state index in [2.05, 4.69) is 10.6 Å². The number of benzene rings is 2. The van der Waals surface area contributed by atoms with Crippen molar-refractivity contribution in [3.8, 4) is 0 Å². The van der Waals surface area contributed by atoms with Crippen LogP contribution in [0.1, 0.15) is 41.6 Å². The summed E-state index contributed by atoms with van der Waals surface area (Å²) in [6.07, 6.45) is 3.86. The molecule has 0 radical (unpaired) electrons. The number of aliphatic hydroxyl groups is 1. The summed E-state index contributed by atoms with van der Waals surface area (Å²) in [4.78, 5) is 12.4. The third kappa shape index (κ3) is 4.82. The van der Waals surface area contributed by atoms with E-state index in [-0.39, 0.29) is 18.1 Å². The standard InChI is InChI=1S/C20H23ClN2O2/c21-17-9-2-1-8-16(17)20(25)23-15-7-5-6-14(12-15)13-22-18-10-3-4-11-19(18)24/h1-2,5-9,12,18-19,22,24H,3-4,10-11,13H2,(H,23,25)/t18-,19+/m1/s1. The Hall–Kier alpha value is -1.88. The van der Waals surface area contributed by atoms with Gasteiger partial charge in [-0.3, -0.25) is 4.79 Å². The molecule has 1 aliphatic carbocycles. The van der Waals surface area contributed by atoms with E-state index in [4.69, 9.17) is 11.6 Å². The van der Waals surface area contributed by atoms with Gasteiger partial charge in [0.05, 0.1) is 16.7 Å². The van der Waals surface area contributed by atoms with Crippen LogP contribution in [-0.4, -0.2) is 23.2 Å². The van der Waals surface area contributed by atoms with Crippen LogP contribution < -0.4 is 10.6 Å². The molecule has 0 aliphatic heterocycles. The normalized spacial score (nSPS) is 20.2. The lowest BCUT2D eigenvalue weighted by atomic mass is 9.92. The molecule has 0 aromatic heterocycles. The summed E-state index contributed by atoms with van der Waals surface area (Å²) in [6.45, 7) is 0.664. The van der Waals surface area contributed by atoms with E-state index < -0.39 is 0 Å². The molecule has 0 unspecified atom stereocenters. The highest BCUT2D eigenvalue weighted by Crippen LogP contribution is 2.20. The summed E-state index contributed by atoms with van der Waals surface area (Å²) in [5.74, 6) is -0.224. The number of halogens is 1. The Balaban J connectivity index is 1.61.